The first-order chi connectivity index (χ1) is 13.0. The quantitative estimate of drug-likeness (QED) is 0.605. The van der Waals surface area contributed by atoms with Crippen LogP contribution in [0.25, 0.3) is 11.5 Å². The van der Waals surface area contributed by atoms with Gasteiger partial charge in [0.2, 0.25) is 11.8 Å². The van der Waals surface area contributed by atoms with Crippen LogP contribution in [0.2, 0.25) is 0 Å². The fraction of sp³-hybridized carbons (Fsp3) is 0.250. The van der Waals surface area contributed by atoms with E-state index in [1.807, 2.05) is 38.1 Å². The molecule has 0 fully saturated rings. The Kier molecular flexibility index (Phi) is 6.24. The van der Waals surface area contributed by atoms with Gasteiger partial charge in [0.15, 0.2) is 0 Å². The molecule has 140 valence electrons. The molecule has 5 nitrogen and oxygen atoms in total. The molecule has 0 aliphatic heterocycles. The highest BCUT2D eigenvalue weighted by Gasteiger charge is 2.15. The molecule has 0 saturated heterocycles. The lowest BCUT2D eigenvalue weighted by atomic mass is 10.0. The van der Waals surface area contributed by atoms with Gasteiger partial charge in [-0.1, -0.05) is 48.5 Å². The van der Waals surface area contributed by atoms with Gasteiger partial charge in [0, 0.05) is 5.56 Å². The molecule has 1 aromatic heterocycles. The SMILES string of the molecule is CC[C@H](NC(=O)CSc1nnc(-c2ccc(F)cc2)o1)c1ccc(C)cc1. The van der Waals surface area contributed by atoms with E-state index in [0.29, 0.717) is 16.7 Å². The normalized spacial score (nSPS) is 12.0. The van der Waals surface area contributed by atoms with Crippen LogP contribution in [0, 0.1) is 12.7 Å². The Bertz CT molecular complexity index is 894. The van der Waals surface area contributed by atoms with Crippen LogP contribution in [0.5, 0.6) is 0 Å². The topological polar surface area (TPSA) is 68.0 Å². The molecule has 1 heterocycles. The zero-order valence-electron chi connectivity index (χ0n) is 15.1. The first kappa shape index (κ1) is 19.1. The van der Waals surface area contributed by atoms with E-state index in [1.165, 1.54) is 29.5 Å². The van der Waals surface area contributed by atoms with Gasteiger partial charge in [-0.25, -0.2) is 4.39 Å². The lowest BCUT2D eigenvalue weighted by Gasteiger charge is -2.17. The van der Waals surface area contributed by atoms with E-state index in [-0.39, 0.29) is 23.5 Å². The van der Waals surface area contributed by atoms with Gasteiger partial charge in [-0.15, -0.1) is 10.2 Å². The molecule has 1 N–H and O–H groups in total. The van der Waals surface area contributed by atoms with Gasteiger partial charge in [0.05, 0.1) is 11.8 Å². The highest BCUT2D eigenvalue weighted by molar-refractivity contribution is 7.99. The number of carbonyl (C=O) groups is 1. The van der Waals surface area contributed by atoms with Crippen molar-refractivity contribution in [2.45, 2.75) is 31.5 Å². The maximum absolute atomic E-state index is 13.0. The summed E-state index contributed by atoms with van der Waals surface area (Å²) in [5.74, 6) is 0.0366. The number of hydrogen-bond acceptors (Lipinski definition) is 5. The van der Waals surface area contributed by atoms with Crippen LogP contribution in [-0.4, -0.2) is 21.9 Å². The van der Waals surface area contributed by atoms with Crippen molar-refractivity contribution in [1.29, 1.82) is 0 Å². The van der Waals surface area contributed by atoms with Gasteiger partial charge in [-0.3, -0.25) is 4.79 Å². The van der Waals surface area contributed by atoms with Crippen molar-refractivity contribution >= 4 is 17.7 Å². The smallest absolute Gasteiger partial charge is 0.277 e. The van der Waals surface area contributed by atoms with Crippen LogP contribution < -0.4 is 5.32 Å². The molecule has 3 aromatic rings. The summed E-state index contributed by atoms with van der Waals surface area (Å²) in [6, 6.07) is 13.9. The van der Waals surface area contributed by atoms with E-state index < -0.39 is 0 Å². The maximum Gasteiger partial charge on any atom is 0.277 e. The third-order valence-electron chi connectivity index (χ3n) is 4.05. The summed E-state index contributed by atoms with van der Waals surface area (Å²) < 4.78 is 18.5. The van der Waals surface area contributed by atoms with Crippen LogP contribution in [0.3, 0.4) is 0 Å². The van der Waals surface area contributed by atoms with Crippen LogP contribution in [-0.2, 0) is 4.79 Å². The Morgan fingerprint density at radius 3 is 2.52 bits per heavy atom. The number of nitrogens with one attached hydrogen (secondary N) is 1. The van der Waals surface area contributed by atoms with Gasteiger partial charge in [0.25, 0.3) is 5.22 Å². The second-order valence-corrected chi connectivity index (χ2v) is 7.03. The molecular formula is C20H20FN3O2S. The van der Waals surface area contributed by atoms with Crippen molar-refractivity contribution in [3.8, 4) is 11.5 Å². The van der Waals surface area contributed by atoms with Crippen LogP contribution in [0.1, 0.15) is 30.5 Å². The summed E-state index contributed by atoms with van der Waals surface area (Å²) >= 11 is 1.17. The van der Waals surface area contributed by atoms with Gasteiger partial charge in [-0.2, -0.15) is 0 Å². The lowest BCUT2D eigenvalue weighted by molar-refractivity contribution is -0.119. The number of rotatable bonds is 7. The van der Waals surface area contributed by atoms with Crippen molar-refractivity contribution in [1.82, 2.24) is 15.5 Å². The molecule has 0 unspecified atom stereocenters. The third kappa shape index (κ3) is 5.17. The molecule has 0 radical (unpaired) electrons. The molecule has 27 heavy (non-hydrogen) atoms. The van der Waals surface area contributed by atoms with Crippen molar-refractivity contribution in [3.05, 3.63) is 65.5 Å². The molecule has 0 saturated carbocycles. The van der Waals surface area contributed by atoms with E-state index in [2.05, 4.69) is 15.5 Å². The average Bonchev–Trinajstić information content (AvgIpc) is 3.15. The van der Waals surface area contributed by atoms with E-state index in [1.54, 1.807) is 12.1 Å². The first-order valence-corrected chi connectivity index (χ1v) is 9.62. The van der Waals surface area contributed by atoms with Gasteiger partial charge in [0.1, 0.15) is 5.82 Å². The Hall–Kier alpha value is -2.67. The van der Waals surface area contributed by atoms with E-state index >= 15 is 0 Å². The molecule has 0 aliphatic rings. The summed E-state index contributed by atoms with van der Waals surface area (Å²) in [7, 11) is 0. The number of thioether (sulfide) groups is 1. The second-order valence-electron chi connectivity index (χ2n) is 6.11. The zero-order valence-corrected chi connectivity index (χ0v) is 15.9. The Morgan fingerprint density at radius 1 is 1.15 bits per heavy atom. The number of nitrogens with zero attached hydrogens (tertiary/aromatic N) is 2. The van der Waals surface area contributed by atoms with Crippen LogP contribution in [0.4, 0.5) is 4.39 Å². The van der Waals surface area contributed by atoms with E-state index in [9.17, 15) is 9.18 Å². The van der Waals surface area contributed by atoms with Crippen molar-refractivity contribution < 1.29 is 13.6 Å². The summed E-state index contributed by atoms with van der Waals surface area (Å²) in [4.78, 5) is 12.3. The molecule has 2 aromatic carbocycles. The van der Waals surface area contributed by atoms with Crippen LogP contribution >= 0.6 is 11.8 Å². The molecule has 0 spiro atoms. The molecule has 0 bridgehead atoms. The molecule has 3 rings (SSSR count). The summed E-state index contributed by atoms with van der Waals surface area (Å²) in [5.41, 5.74) is 2.90. The fourth-order valence-corrected chi connectivity index (χ4v) is 3.13. The van der Waals surface area contributed by atoms with E-state index in [4.69, 9.17) is 4.42 Å². The minimum Gasteiger partial charge on any atom is -0.411 e. The number of amides is 1. The van der Waals surface area contributed by atoms with Gasteiger partial charge in [-0.05, 0) is 43.2 Å². The highest BCUT2D eigenvalue weighted by Crippen LogP contribution is 2.24. The molecule has 7 heteroatoms. The fourth-order valence-electron chi connectivity index (χ4n) is 2.56. The minimum atomic E-state index is -0.330. The van der Waals surface area contributed by atoms with Crippen molar-refractivity contribution in [2.24, 2.45) is 0 Å². The third-order valence-corrected chi connectivity index (χ3v) is 4.87. The summed E-state index contributed by atoms with van der Waals surface area (Å²) in [5, 5.41) is 11.2. The molecular weight excluding hydrogens is 365 g/mol. The van der Waals surface area contributed by atoms with E-state index in [0.717, 1.165) is 12.0 Å². The lowest BCUT2D eigenvalue weighted by Crippen LogP contribution is -2.29. The van der Waals surface area contributed by atoms with Gasteiger partial charge >= 0.3 is 0 Å². The zero-order chi connectivity index (χ0) is 19.2. The van der Waals surface area contributed by atoms with Crippen molar-refractivity contribution in [2.75, 3.05) is 5.75 Å². The van der Waals surface area contributed by atoms with Gasteiger partial charge < -0.3 is 9.73 Å². The highest BCUT2D eigenvalue weighted by atomic mass is 32.2. The molecule has 1 atom stereocenters. The number of halogens is 1. The average molecular weight is 385 g/mol. The van der Waals surface area contributed by atoms with Crippen LogP contribution in [0.15, 0.2) is 58.2 Å². The monoisotopic (exact) mass is 385 g/mol. The standard InChI is InChI=1S/C20H20FN3O2S/c1-3-17(14-6-4-13(2)5-7-14)22-18(25)12-27-20-24-23-19(26-20)15-8-10-16(21)11-9-15/h4-11,17H,3,12H2,1-2H3,(H,22,25)/t17-/m0/s1. The predicted molar refractivity (Wildman–Crippen MR) is 103 cm³/mol. The Labute approximate surface area is 161 Å². The number of aryl methyl sites for hydroxylation is 1. The minimum absolute atomic E-state index is 0.0313. The summed E-state index contributed by atoms with van der Waals surface area (Å²) in [6.45, 7) is 4.06. The number of carbonyl (C=O) groups excluding carboxylic acids is 1. The maximum atomic E-state index is 13.0. The molecule has 0 aliphatic carbocycles. The second kappa shape index (κ2) is 8.81. The number of hydrogen-bond donors (Lipinski definition) is 1. The van der Waals surface area contributed by atoms with Crippen molar-refractivity contribution in [3.63, 3.8) is 0 Å². The summed E-state index contributed by atoms with van der Waals surface area (Å²) in [6.07, 6.45) is 0.800. The predicted octanol–water partition coefficient (Wildman–Crippen LogP) is 4.54. The Morgan fingerprint density at radius 2 is 1.85 bits per heavy atom. The number of benzene rings is 2. The largest absolute Gasteiger partial charge is 0.411 e. The number of aromatic nitrogens is 2. The molecule has 1 amide bonds. The first-order valence-electron chi connectivity index (χ1n) is 8.63. The Balaban J connectivity index is 1.55.